The van der Waals surface area contributed by atoms with E-state index >= 15 is 0 Å². The van der Waals surface area contributed by atoms with E-state index in [0.717, 1.165) is 13.8 Å². The first-order valence-electron chi connectivity index (χ1n) is 11.5. The van der Waals surface area contributed by atoms with Crippen LogP contribution in [0, 0.1) is 0 Å². The van der Waals surface area contributed by atoms with Crippen LogP contribution in [0.15, 0.2) is 0 Å². The molecular formula is C17H32N2O19S3. The molecule has 21 nitrogen and oxygen atoms in total. The van der Waals surface area contributed by atoms with Crippen LogP contribution in [0.3, 0.4) is 0 Å². The van der Waals surface area contributed by atoms with Crippen LogP contribution < -0.4 is 11.1 Å². The van der Waals surface area contributed by atoms with Gasteiger partial charge in [0, 0.05) is 6.92 Å². The van der Waals surface area contributed by atoms with Crippen molar-refractivity contribution in [2.24, 2.45) is 5.73 Å². The number of hydrogen-bond acceptors (Lipinski definition) is 17. The molecule has 0 aromatic rings. The monoisotopic (exact) mass is 664 g/mol. The first kappa shape index (κ1) is 36.0. The molecule has 2 heterocycles. The van der Waals surface area contributed by atoms with Gasteiger partial charge in [-0.25, -0.2) is 8.37 Å². The van der Waals surface area contributed by atoms with Crippen LogP contribution in [0.5, 0.6) is 0 Å². The van der Waals surface area contributed by atoms with Crippen molar-refractivity contribution in [2.45, 2.75) is 80.4 Å². The van der Waals surface area contributed by atoms with Gasteiger partial charge in [-0.3, -0.25) is 18.5 Å². The fraction of sp³-hybridized carbons (Fsp3) is 0.941. The number of nitrogens with two attached hydrogens (primary N) is 1. The topological polar surface area (TPSA) is 334 Å². The van der Waals surface area contributed by atoms with Gasteiger partial charge in [0.05, 0.1) is 19.3 Å². The molecule has 2 fully saturated rings. The number of aliphatic hydroxyl groups is 3. The second kappa shape index (κ2) is 13.6. The number of amides is 1. The first-order valence-corrected chi connectivity index (χ1v) is 15.7. The van der Waals surface area contributed by atoms with Crippen LogP contribution in [-0.4, -0.2) is 140 Å². The molecule has 0 aromatic heterocycles. The van der Waals surface area contributed by atoms with Crippen molar-refractivity contribution in [3.63, 3.8) is 0 Å². The fourth-order valence-electron chi connectivity index (χ4n) is 4.04. The predicted molar refractivity (Wildman–Crippen MR) is 128 cm³/mol. The molecule has 242 valence electrons. The minimum Gasteiger partial charge on any atom is -0.388 e. The Morgan fingerprint density at radius 3 is 2.12 bits per heavy atom. The summed E-state index contributed by atoms with van der Waals surface area (Å²) in [4.78, 5) is 8.25. The number of hydrogen-bond donors (Lipinski definition) is 8. The van der Waals surface area contributed by atoms with E-state index in [2.05, 4.69) is 13.7 Å². The van der Waals surface area contributed by atoms with E-state index in [1.807, 2.05) is 0 Å². The van der Waals surface area contributed by atoms with Gasteiger partial charge in [0.1, 0.15) is 30.5 Å². The number of carbonyl (C=O) groups is 1. The summed E-state index contributed by atoms with van der Waals surface area (Å²) in [5, 5.41) is 34.6. The lowest BCUT2D eigenvalue weighted by Gasteiger charge is -2.50. The Morgan fingerprint density at radius 2 is 1.63 bits per heavy atom. The summed E-state index contributed by atoms with van der Waals surface area (Å²) >= 11 is 0. The third-order valence-corrected chi connectivity index (χ3v) is 8.05. The van der Waals surface area contributed by atoms with Gasteiger partial charge in [-0.1, -0.05) is 0 Å². The van der Waals surface area contributed by atoms with Gasteiger partial charge in [0.25, 0.3) is 4.93 Å². The number of ether oxygens (including phenoxy) is 4. The number of carbonyl (C=O) groups excluding carboxylic acids is 1. The van der Waals surface area contributed by atoms with Gasteiger partial charge in [-0.2, -0.15) is 25.3 Å². The maximum absolute atomic E-state index is 12.3. The third kappa shape index (κ3) is 9.15. The van der Waals surface area contributed by atoms with Gasteiger partial charge < -0.3 is 45.3 Å². The number of rotatable bonds is 13. The molecule has 0 unspecified atom stereocenters. The molecule has 10 atom stereocenters. The van der Waals surface area contributed by atoms with Crippen molar-refractivity contribution in [3.05, 3.63) is 0 Å². The maximum atomic E-state index is 12.3. The van der Waals surface area contributed by atoms with Crippen LogP contribution in [0.25, 0.3) is 0 Å². The zero-order valence-corrected chi connectivity index (χ0v) is 23.8. The molecule has 2 saturated heterocycles. The van der Waals surface area contributed by atoms with Crippen LogP contribution >= 0.6 is 0 Å². The smallest absolute Gasteiger partial charge is 0.388 e. The van der Waals surface area contributed by atoms with Gasteiger partial charge >= 0.3 is 30.9 Å². The van der Waals surface area contributed by atoms with Crippen molar-refractivity contribution in [2.75, 3.05) is 19.8 Å². The Hall–Kier alpha value is -1.20. The Balaban J connectivity index is 2.61. The van der Waals surface area contributed by atoms with E-state index < -0.39 is 104 Å². The largest absolute Gasteiger partial charge is 0.397 e. The summed E-state index contributed by atoms with van der Waals surface area (Å²) in [6.07, 6.45) is -17.1. The molecule has 2 rings (SSSR count). The molecule has 1 amide bonds. The molecule has 0 saturated carbocycles. The van der Waals surface area contributed by atoms with Gasteiger partial charge in [-0.15, -0.1) is 0 Å². The number of aliphatic hydroxyl groups excluding tert-OH is 2. The predicted octanol–water partition coefficient (Wildman–Crippen LogP) is -4.98. The summed E-state index contributed by atoms with van der Waals surface area (Å²) in [5.74, 6) is -0.946. The Bertz CT molecular complexity index is 1230. The van der Waals surface area contributed by atoms with E-state index in [1.165, 1.54) is 0 Å². The first-order chi connectivity index (χ1) is 18.6. The Labute approximate surface area is 234 Å². The van der Waals surface area contributed by atoms with Gasteiger partial charge in [0.15, 0.2) is 18.7 Å². The molecule has 0 bridgehead atoms. The molecule has 0 radical (unpaired) electrons. The second-order valence-electron chi connectivity index (χ2n) is 8.91. The SMILES string of the molecule is CC(=O)N[C@H]1[C@@H](O[C@@H]2[C@H](OCCCN)O[C@@H](C)[C@@H](O)[C@]2(O)S(=O)(=O)O)O[C@H](COS(=O)(=O)O)[C@H](OS(=O)(=O)O)[C@@H]1O. The van der Waals surface area contributed by atoms with Crippen LogP contribution in [-0.2, 0) is 63.0 Å². The lowest BCUT2D eigenvalue weighted by Crippen LogP contribution is -2.73. The standard InChI is InChI=1S/C17H32N2O19S3/c1-7-13(22)17(23,39(24,25)26)14(16(35-7)33-5-3-4-18)37-15-10(19-8(2)20)11(21)12(38-41(30,31)32)9(36-15)6-34-40(27,28)29/h7,9-16,21-23H,3-6,18H2,1-2H3,(H,19,20)(H,24,25,26)(H,27,28,29)(H,30,31,32)/t7-,9+,10+,11+,12-,13+,14+,15+,16+,17-/m0/s1. The average molecular weight is 665 g/mol. The van der Waals surface area contributed by atoms with E-state index in [4.69, 9.17) is 33.8 Å². The highest BCUT2D eigenvalue weighted by Gasteiger charge is 2.65. The normalized spacial score (nSPS) is 37.0. The lowest BCUT2D eigenvalue weighted by molar-refractivity contribution is -0.358. The molecule has 2 aliphatic rings. The average Bonchev–Trinajstić information content (AvgIpc) is 2.80. The van der Waals surface area contributed by atoms with Crippen LogP contribution in [0.1, 0.15) is 20.3 Å². The van der Waals surface area contributed by atoms with Crippen molar-refractivity contribution in [3.8, 4) is 0 Å². The minimum atomic E-state index is -5.69. The Kier molecular flexibility index (Phi) is 12.0. The summed E-state index contributed by atoms with van der Waals surface area (Å²) in [5.41, 5.74) is 5.40. The van der Waals surface area contributed by atoms with Crippen molar-refractivity contribution in [1.29, 1.82) is 0 Å². The highest BCUT2D eigenvalue weighted by molar-refractivity contribution is 7.87. The summed E-state index contributed by atoms with van der Waals surface area (Å²) in [6.45, 7) is 0.508. The molecule has 0 aliphatic carbocycles. The molecule has 24 heteroatoms. The maximum Gasteiger partial charge on any atom is 0.397 e. The van der Waals surface area contributed by atoms with Crippen molar-refractivity contribution < 1.29 is 86.3 Å². The Morgan fingerprint density at radius 1 is 1.02 bits per heavy atom. The summed E-state index contributed by atoms with van der Waals surface area (Å²) in [7, 11) is -16.3. The quantitative estimate of drug-likeness (QED) is 0.0674. The molecule has 41 heavy (non-hydrogen) atoms. The molecular weight excluding hydrogens is 632 g/mol. The third-order valence-electron chi connectivity index (χ3n) is 5.85. The van der Waals surface area contributed by atoms with Crippen LogP contribution in [0.4, 0.5) is 0 Å². The minimum absolute atomic E-state index is 0.0755. The zero-order chi connectivity index (χ0) is 31.6. The van der Waals surface area contributed by atoms with E-state index in [1.54, 1.807) is 0 Å². The van der Waals surface area contributed by atoms with Crippen LogP contribution in [0.2, 0.25) is 0 Å². The molecule has 9 N–H and O–H groups in total. The lowest BCUT2D eigenvalue weighted by atomic mass is 9.95. The van der Waals surface area contributed by atoms with E-state index in [9.17, 15) is 49.9 Å². The number of nitrogens with one attached hydrogen (secondary N) is 1. The fourth-order valence-corrected chi connectivity index (χ4v) is 5.82. The van der Waals surface area contributed by atoms with E-state index in [-0.39, 0.29) is 19.6 Å². The zero-order valence-electron chi connectivity index (χ0n) is 21.3. The van der Waals surface area contributed by atoms with Gasteiger partial charge in [0.2, 0.25) is 5.91 Å². The summed E-state index contributed by atoms with van der Waals surface area (Å²) < 4.78 is 128. The summed E-state index contributed by atoms with van der Waals surface area (Å²) in [6, 6.07) is -1.96. The molecule has 0 spiro atoms. The van der Waals surface area contributed by atoms with Gasteiger partial charge in [-0.05, 0) is 19.9 Å². The highest BCUT2D eigenvalue weighted by Crippen LogP contribution is 2.39. The van der Waals surface area contributed by atoms with Crippen molar-refractivity contribution >= 4 is 36.8 Å². The second-order valence-corrected chi connectivity index (χ2v) is 12.7. The molecule has 0 aromatic carbocycles. The highest BCUT2D eigenvalue weighted by atomic mass is 32.3. The van der Waals surface area contributed by atoms with E-state index in [0.29, 0.717) is 0 Å². The molecule has 2 aliphatic heterocycles. The van der Waals surface area contributed by atoms with Crippen molar-refractivity contribution in [1.82, 2.24) is 5.32 Å².